The van der Waals surface area contributed by atoms with E-state index in [9.17, 15) is 4.79 Å². The Kier molecular flexibility index (Phi) is 4.47. The van der Waals surface area contributed by atoms with Crippen molar-refractivity contribution in [1.29, 1.82) is 0 Å². The van der Waals surface area contributed by atoms with Crippen molar-refractivity contribution in [3.8, 4) is 0 Å². The maximum atomic E-state index is 11.4. The number of amides is 1. The zero-order chi connectivity index (χ0) is 14.9. The van der Waals surface area contributed by atoms with Crippen molar-refractivity contribution in [2.45, 2.75) is 20.4 Å². The first kappa shape index (κ1) is 15.0. The number of aromatic nitrogens is 2. The molecule has 2 rings (SSSR count). The summed E-state index contributed by atoms with van der Waals surface area (Å²) in [5.41, 5.74) is 5.32. The quantitative estimate of drug-likeness (QED) is 0.504. The van der Waals surface area contributed by atoms with Gasteiger partial charge in [-0.1, -0.05) is 33.6 Å². The van der Waals surface area contributed by atoms with Gasteiger partial charge in [-0.05, 0) is 31.5 Å². The van der Waals surface area contributed by atoms with Crippen molar-refractivity contribution in [3.05, 3.63) is 50.2 Å². The molecule has 0 aliphatic rings. The van der Waals surface area contributed by atoms with E-state index in [1.807, 2.05) is 24.6 Å². The largest absolute Gasteiger partial charge is 0.290 e. The number of aryl methyl sites for hydroxylation is 1. The number of nitrogen functional groups attached to an aromatic ring is 1. The zero-order valence-corrected chi connectivity index (χ0v) is 13.4. The summed E-state index contributed by atoms with van der Waals surface area (Å²) in [7, 11) is 0. The number of nitrogens with two attached hydrogens (primary N) is 1. The molecule has 0 aliphatic heterocycles. The summed E-state index contributed by atoms with van der Waals surface area (Å²) < 4.78 is 2.66. The van der Waals surface area contributed by atoms with Crippen LogP contribution < -0.4 is 11.3 Å². The van der Waals surface area contributed by atoms with Crippen LogP contribution in [0.15, 0.2) is 22.7 Å². The molecule has 2 aromatic rings. The van der Waals surface area contributed by atoms with Crippen LogP contribution in [0.2, 0.25) is 5.02 Å². The first-order valence-corrected chi connectivity index (χ1v) is 7.10. The second kappa shape index (κ2) is 5.95. The monoisotopic (exact) mass is 356 g/mol. The molecule has 106 valence electrons. The molecule has 0 saturated carbocycles. The van der Waals surface area contributed by atoms with E-state index >= 15 is 0 Å². The lowest BCUT2D eigenvalue weighted by Gasteiger charge is -2.08. The number of carbonyl (C=O) groups excluding carboxylic acids is 1. The van der Waals surface area contributed by atoms with E-state index in [-0.39, 0.29) is 5.91 Å². The molecular weight excluding hydrogens is 344 g/mol. The molecule has 0 radical (unpaired) electrons. The number of nitrogens with zero attached hydrogens (tertiary/aromatic N) is 2. The van der Waals surface area contributed by atoms with Crippen molar-refractivity contribution in [2.75, 3.05) is 0 Å². The van der Waals surface area contributed by atoms with E-state index in [0.717, 1.165) is 21.4 Å². The second-order valence-corrected chi connectivity index (χ2v) is 5.65. The first-order valence-electron chi connectivity index (χ1n) is 5.93. The van der Waals surface area contributed by atoms with Crippen LogP contribution in [0.5, 0.6) is 0 Å². The minimum Gasteiger partial charge on any atom is -0.290 e. The lowest BCUT2D eigenvalue weighted by molar-refractivity contribution is 0.0953. The van der Waals surface area contributed by atoms with Crippen LogP contribution in [0.3, 0.4) is 0 Å². The summed E-state index contributed by atoms with van der Waals surface area (Å²) in [6, 6.07) is 5.30. The van der Waals surface area contributed by atoms with Crippen molar-refractivity contribution in [3.63, 3.8) is 0 Å². The predicted octanol–water partition coefficient (Wildman–Crippen LogP) is 2.57. The normalized spacial score (nSPS) is 10.7. The van der Waals surface area contributed by atoms with Gasteiger partial charge in [0.1, 0.15) is 0 Å². The van der Waals surface area contributed by atoms with E-state index in [1.54, 1.807) is 12.1 Å². The molecule has 1 aromatic heterocycles. The molecule has 0 saturated heterocycles. The van der Waals surface area contributed by atoms with Gasteiger partial charge in [-0.25, -0.2) is 5.84 Å². The molecule has 1 aromatic carbocycles. The molecule has 0 bridgehead atoms. The number of halogens is 2. The minimum absolute atomic E-state index is 0.327. The number of carbonyl (C=O) groups is 1. The Bertz CT molecular complexity index is 669. The third-order valence-electron chi connectivity index (χ3n) is 3.06. The maximum absolute atomic E-state index is 11.4. The number of nitrogens with one attached hydrogen (secondary N) is 1. The van der Waals surface area contributed by atoms with E-state index < -0.39 is 0 Å². The number of hydrogen-bond donors (Lipinski definition) is 2. The van der Waals surface area contributed by atoms with Crippen LogP contribution in [-0.4, -0.2) is 15.7 Å². The minimum atomic E-state index is -0.327. The van der Waals surface area contributed by atoms with Gasteiger partial charge in [0.15, 0.2) is 0 Å². The Morgan fingerprint density at radius 1 is 1.50 bits per heavy atom. The Morgan fingerprint density at radius 2 is 2.20 bits per heavy atom. The van der Waals surface area contributed by atoms with Crippen LogP contribution in [-0.2, 0) is 6.54 Å². The summed E-state index contributed by atoms with van der Waals surface area (Å²) in [5, 5.41) is 5.07. The third-order valence-corrected chi connectivity index (χ3v) is 4.34. The number of rotatable bonds is 3. The van der Waals surface area contributed by atoms with E-state index in [0.29, 0.717) is 17.1 Å². The number of hydrogen-bond acceptors (Lipinski definition) is 3. The molecule has 7 heteroatoms. The molecule has 0 atom stereocenters. The third kappa shape index (κ3) is 2.87. The molecule has 1 heterocycles. The maximum Gasteiger partial charge on any atom is 0.265 e. The smallest absolute Gasteiger partial charge is 0.265 e. The van der Waals surface area contributed by atoms with Crippen molar-refractivity contribution < 1.29 is 4.79 Å². The molecule has 0 fully saturated rings. The van der Waals surface area contributed by atoms with E-state index in [2.05, 4.69) is 26.5 Å². The summed E-state index contributed by atoms with van der Waals surface area (Å²) in [5.74, 6) is 4.78. The van der Waals surface area contributed by atoms with Gasteiger partial charge in [0.2, 0.25) is 0 Å². The van der Waals surface area contributed by atoms with Crippen LogP contribution >= 0.6 is 27.5 Å². The highest BCUT2D eigenvalue weighted by molar-refractivity contribution is 9.10. The Hall–Kier alpha value is -1.37. The van der Waals surface area contributed by atoms with Crippen LogP contribution in [0, 0.1) is 13.8 Å². The van der Waals surface area contributed by atoms with Gasteiger partial charge < -0.3 is 0 Å². The lowest BCUT2D eigenvalue weighted by atomic mass is 10.1. The predicted molar refractivity (Wildman–Crippen MR) is 81.6 cm³/mol. The van der Waals surface area contributed by atoms with Crippen molar-refractivity contribution in [1.82, 2.24) is 15.2 Å². The molecule has 0 spiro atoms. The van der Waals surface area contributed by atoms with Gasteiger partial charge in [-0.2, -0.15) is 5.10 Å². The average Bonchev–Trinajstić information content (AvgIpc) is 2.67. The Morgan fingerprint density at radius 3 is 2.70 bits per heavy atom. The molecule has 20 heavy (non-hydrogen) atoms. The van der Waals surface area contributed by atoms with Gasteiger partial charge in [-0.3, -0.25) is 14.9 Å². The summed E-state index contributed by atoms with van der Waals surface area (Å²) in [6.45, 7) is 4.37. The topological polar surface area (TPSA) is 72.9 Å². The van der Waals surface area contributed by atoms with E-state index in [4.69, 9.17) is 17.4 Å². The molecule has 0 aliphatic carbocycles. The van der Waals surface area contributed by atoms with E-state index in [1.165, 1.54) is 0 Å². The summed E-state index contributed by atoms with van der Waals surface area (Å²) in [4.78, 5) is 11.4. The molecule has 5 nitrogen and oxygen atoms in total. The zero-order valence-electron chi connectivity index (χ0n) is 11.1. The van der Waals surface area contributed by atoms with Crippen LogP contribution in [0.1, 0.15) is 27.3 Å². The summed E-state index contributed by atoms with van der Waals surface area (Å²) >= 11 is 9.59. The molecular formula is C13H14BrClN4O. The number of hydrazine groups is 1. The fourth-order valence-corrected chi connectivity index (χ4v) is 2.53. The fourth-order valence-electron chi connectivity index (χ4n) is 1.89. The lowest BCUT2D eigenvalue weighted by Crippen LogP contribution is -2.29. The fraction of sp³-hybridized carbons (Fsp3) is 0.231. The van der Waals surface area contributed by atoms with Crippen molar-refractivity contribution in [2.24, 2.45) is 5.84 Å². The van der Waals surface area contributed by atoms with Crippen LogP contribution in [0.25, 0.3) is 0 Å². The van der Waals surface area contributed by atoms with Gasteiger partial charge in [-0.15, -0.1) is 0 Å². The average molecular weight is 358 g/mol. The van der Waals surface area contributed by atoms with Gasteiger partial charge >= 0.3 is 0 Å². The molecule has 1 amide bonds. The van der Waals surface area contributed by atoms with Gasteiger partial charge in [0, 0.05) is 10.0 Å². The Labute approximate surface area is 130 Å². The van der Waals surface area contributed by atoms with Gasteiger partial charge in [0.05, 0.1) is 23.0 Å². The second-order valence-electron chi connectivity index (χ2n) is 4.42. The highest BCUT2D eigenvalue weighted by Gasteiger charge is 2.12. The molecule has 3 N–H and O–H groups in total. The standard InChI is InChI=1S/C13H14BrClN4O/c1-7-12(15)8(2)19(18-7)6-10-4-3-9(5-11(10)14)13(20)17-16/h3-5H,6,16H2,1-2H3,(H,17,20). The van der Waals surface area contributed by atoms with Crippen molar-refractivity contribution >= 4 is 33.4 Å². The first-order chi connectivity index (χ1) is 9.43. The van der Waals surface area contributed by atoms with Crippen LogP contribution in [0.4, 0.5) is 0 Å². The highest BCUT2D eigenvalue weighted by atomic mass is 79.9. The molecule has 0 unspecified atom stereocenters. The van der Waals surface area contributed by atoms with Gasteiger partial charge in [0.25, 0.3) is 5.91 Å². The summed E-state index contributed by atoms with van der Waals surface area (Å²) in [6.07, 6.45) is 0. The Balaban J connectivity index is 2.30. The SMILES string of the molecule is Cc1nn(Cc2ccc(C(=O)NN)cc2Br)c(C)c1Cl. The highest BCUT2D eigenvalue weighted by Crippen LogP contribution is 2.23. The number of benzene rings is 1.